The van der Waals surface area contributed by atoms with Gasteiger partial charge in [0.1, 0.15) is 0 Å². The molecule has 2 amide bonds. The first-order valence-electron chi connectivity index (χ1n) is 7.17. The van der Waals surface area contributed by atoms with Crippen molar-refractivity contribution in [2.45, 2.75) is 26.3 Å². The van der Waals surface area contributed by atoms with Gasteiger partial charge >= 0.3 is 0 Å². The Morgan fingerprint density at radius 2 is 1.82 bits per heavy atom. The molecular weight excluding hydrogens is 302 g/mol. The molecule has 6 heteroatoms. The summed E-state index contributed by atoms with van der Waals surface area (Å²) in [6.07, 6.45) is 0.832. The molecule has 3 N–H and O–H groups in total. The highest BCUT2D eigenvalue weighted by molar-refractivity contribution is 5.99. The zero-order valence-electron chi connectivity index (χ0n) is 13.6. The van der Waals surface area contributed by atoms with Gasteiger partial charge in [-0.3, -0.25) is 9.59 Å². The van der Waals surface area contributed by atoms with Crippen LogP contribution in [0, 0.1) is 5.92 Å². The normalized spacial score (nSPS) is 11.5. The smallest absolute Gasteiger partial charge is 0.253 e. The van der Waals surface area contributed by atoms with E-state index < -0.39 is 0 Å². The van der Waals surface area contributed by atoms with Crippen molar-refractivity contribution in [3.8, 4) is 0 Å². The number of amides is 2. The van der Waals surface area contributed by atoms with Crippen LogP contribution in [0.2, 0.25) is 0 Å². The van der Waals surface area contributed by atoms with E-state index in [2.05, 4.69) is 19.2 Å². The van der Waals surface area contributed by atoms with Gasteiger partial charge in [-0.1, -0.05) is 19.9 Å². The Bertz CT molecular complexity index is 504. The minimum absolute atomic E-state index is 0. The van der Waals surface area contributed by atoms with Gasteiger partial charge < -0.3 is 16.0 Å². The summed E-state index contributed by atoms with van der Waals surface area (Å²) in [7, 11) is 3.37. The topological polar surface area (TPSA) is 75.4 Å². The van der Waals surface area contributed by atoms with E-state index in [9.17, 15) is 9.59 Å². The van der Waals surface area contributed by atoms with Crippen LogP contribution in [0.4, 0.5) is 0 Å². The molecule has 0 radical (unpaired) electrons. The highest BCUT2D eigenvalue weighted by Gasteiger charge is 2.15. The lowest BCUT2D eigenvalue weighted by molar-refractivity contribution is 0.0827. The number of nitrogens with zero attached hydrogens (tertiary/aromatic N) is 1. The van der Waals surface area contributed by atoms with Crippen LogP contribution >= 0.6 is 12.4 Å². The lowest BCUT2D eigenvalue weighted by Gasteiger charge is -2.19. The van der Waals surface area contributed by atoms with Gasteiger partial charge in [-0.2, -0.15) is 0 Å². The summed E-state index contributed by atoms with van der Waals surface area (Å²) in [6, 6.07) is 6.68. The van der Waals surface area contributed by atoms with E-state index in [1.807, 2.05) is 0 Å². The highest BCUT2D eigenvalue weighted by atomic mass is 35.5. The van der Waals surface area contributed by atoms with Crippen molar-refractivity contribution in [2.75, 3.05) is 20.6 Å². The number of nitrogens with one attached hydrogen (secondary N) is 1. The second-order valence-electron chi connectivity index (χ2n) is 5.82. The average molecular weight is 328 g/mol. The maximum absolute atomic E-state index is 12.2. The average Bonchev–Trinajstić information content (AvgIpc) is 2.45. The quantitative estimate of drug-likeness (QED) is 0.838. The number of hydrogen-bond donors (Lipinski definition) is 2. The number of nitrogens with two attached hydrogens (primary N) is 1. The molecule has 1 aromatic carbocycles. The first kappa shape index (κ1) is 20.4. The lowest BCUT2D eigenvalue weighted by atomic mass is 10.0. The molecule has 22 heavy (non-hydrogen) atoms. The van der Waals surface area contributed by atoms with Gasteiger partial charge in [-0.05, 0) is 30.5 Å². The van der Waals surface area contributed by atoms with Crippen LogP contribution in [0.1, 0.15) is 41.0 Å². The van der Waals surface area contributed by atoms with Gasteiger partial charge in [-0.25, -0.2) is 0 Å². The zero-order valence-corrected chi connectivity index (χ0v) is 14.4. The Morgan fingerprint density at radius 3 is 2.32 bits per heavy atom. The Balaban J connectivity index is 0.00000441. The number of hydrogen-bond acceptors (Lipinski definition) is 3. The largest absolute Gasteiger partial charge is 0.348 e. The van der Waals surface area contributed by atoms with E-state index in [1.54, 1.807) is 38.4 Å². The van der Waals surface area contributed by atoms with Gasteiger partial charge in [0.15, 0.2) is 0 Å². The Morgan fingerprint density at radius 1 is 1.23 bits per heavy atom. The Kier molecular flexibility index (Phi) is 8.75. The molecule has 1 aromatic rings. The molecule has 1 unspecified atom stereocenters. The van der Waals surface area contributed by atoms with Crippen LogP contribution in [0.5, 0.6) is 0 Å². The Labute approximate surface area is 138 Å². The van der Waals surface area contributed by atoms with Gasteiger partial charge in [0.2, 0.25) is 0 Å². The molecule has 0 saturated heterocycles. The van der Waals surface area contributed by atoms with Crippen molar-refractivity contribution in [1.82, 2.24) is 10.2 Å². The fourth-order valence-electron chi connectivity index (χ4n) is 2.10. The fraction of sp³-hybridized carbons (Fsp3) is 0.500. The predicted molar refractivity (Wildman–Crippen MR) is 91.5 cm³/mol. The van der Waals surface area contributed by atoms with Gasteiger partial charge in [0.25, 0.3) is 11.8 Å². The van der Waals surface area contributed by atoms with Crippen LogP contribution in [0.25, 0.3) is 0 Å². The first-order chi connectivity index (χ1) is 9.85. The molecule has 0 saturated carbocycles. The summed E-state index contributed by atoms with van der Waals surface area (Å²) in [5, 5.41) is 2.92. The van der Waals surface area contributed by atoms with E-state index in [1.165, 1.54) is 4.90 Å². The maximum Gasteiger partial charge on any atom is 0.253 e. The van der Waals surface area contributed by atoms with Crippen LogP contribution in [0.3, 0.4) is 0 Å². The molecule has 0 aliphatic carbocycles. The van der Waals surface area contributed by atoms with Gasteiger partial charge in [0.05, 0.1) is 0 Å². The fourth-order valence-corrected chi connectivity index (χ4v) is 2.10. The SMILES string of the molecule is CC(C)CC(CN)NC(=O)c1cccc(C(=O)N(C)C)c1.Cl. The summed E-state index contributed by atoms with van der Waals surface area (Å²) < 4.78 is 0. The third kappa shape index (κ3) is 6.03. The lowest BCUT2D eigenvalue weighted by Crippen LogP contribution is -2.41. The number of rotatable bonds is 6. The monoisotopic (exact) mass is 327 g/mol. The molecule has 1 atom stereocenters. The van der Waals surface area contributed by atoms with E-state index in [-0.39, 0.29) is 30.3 Å². The third-order valence-corrected chi connectivity index (χ3v) is 3.15. The molecule has 0 bridgehead atoms. The maximum atomic E-state index is 12.2. The minimum atomic E-state index is -0.195. The molecule has 0 aromatic heterocycles. The summed E-state index contributed by atoms with van der Waals surface area (Å²) >= 11 is 0. The third-order valence-electron chi connectivity index (χ3n) is 3.15. The van der Waals surface area contributed by atoms with Crippen molar-refractivity contribution in [2.24, 2.45) is 11.7 Å². The highest BCUT2D eigenvalue weighted by Crippen LogP contribution is 2.09. The van der Waals surface area contributed by atoms with Crippen molar-refractivity contribution >= 4 is 24.2 Å². The van der Waals surface area contributed by atoms with Crippen LogP contribution in [-0.2, 0) is 0 Å². The molecule has 0 spiro atoms. The van der Waals surface area contributed by atoms with Crippen molar-refractivity contribution in [3.63, 3.8) is 0 Å². The van der Waals surface area contributed by atoms with Crippen LogP contribution in [-0.4, -0.2) is 43.4 Å². The van der Waals surface area contributed by atoms with Crippen LogP contribution < -0.4 is 11.1 Å². The van der Waals surface area contributed by atoms with Crippen molar-refractivity contribution < 1.29 is 9.59 Å². The van der Waals surface area contributed by atoms with E-state index in [0.29, 0.717) is 23.6 Å². The number of halogens is 1. The summed E-state index contributed by atoms with van der Waals surface area (Å²) in [5.41, 5.74) is 6.67. The number of benzene rings is 1. The number of carbonyl (C=O) groups is 2. The summed E-state index contributed by atoms with van der Waals surface area (Å²) in [4.78, 5) is 25.7. The summed E-state index contributed by atoms with van der Waals surface area (Å²) in [5.74, 6) is 0.141. The molecular formula is C16H26ClN3O2. The molecule has 0 aliphatic heterocycles. The minimum Gasteiger partial charge on any atom is -0.348 e. The second kappa shape index (κ2) is 9.43. The number of carbonyl (C=O) groups excluding carboxylic acids is 2. The van der Waals surface area contributed by atoms with E-state index >= 15 is 0 Å². The molecule has 5 nitrogen and oxygen atoms in total. The standard InChI is InChI=1S/C16H25N3O2.ClH/c1-11(2)8-14(10-17)18-15(20)12-6-5-7-13(9-12)16(21)19(3)4;/h5-7,9,11,14H,8,10,17H2,1-4H3,(H,18,20);1H. The van der Waals surface area contributed by atoms with Crippen molar-refractivity contribution in [3.05, 3.63) is 35.4 Å². The van der Waals surface area contributed by atoms with Gasteiger partial charge in [0, 0.05) is 37.8 Å². The summed E-state index contributed by atoms with van der Waals surface area (Å²) in [6.45, 7) is 4.58. The zero-order chi connectivity index (χ0) is 16.0. The second-order valence-corrected chi connectivity index (χ2v) is 5.82. The molecule has 0 heterocycles. The predicted octanol–water partition coefficient (Wildman–Crippen LogP) is 1.91. The van der Waals surface area contributed by atoms with E-state index in [0.717, 1.165) is 6.42 Å². The molecule has 0 aliphatic rings. The molecule has 124 valence electrons. The van der Waals surface area contributed by atoms with Gasteiger partial charge in [-0.15, -0.1) is 12.4 Å². The van der Waals surface area contributed by atoms with E-state index in [4.69, 9.17) is 5.73 Å². The molecule has 1 rings (SSSR count). The first-order valence-corrected chi connectivity index (χ1v) is 7.17. The van der Waals surface area contributed by atoms with Crippen molar-refractivity contribution in [1.29, 1.82) is 0 Å². The van der Waals surface area contributed by atoms with Crippen LogP contribution in [0.15, 0.2) is 24.3 Å². The Hall–Kier alpha value is -1.59. The molecule has 0 fully saturated rings.